The van der Waals surface area contributed by atoms with Gasteiger partial charge in [-0.1, -0.05) is 15.9 Å². The maximum Gasteiger partial charge on any atom is 0.341 e. The molecule has 2 aromatic carbocycles. The summed E-state index contributed by atoms with van der Waals surface area (Å²) in [5.41, 5.74) is 0.227. The molecule has 1 N–H and O–H groups in total. The van der Waals surface area contributed by atoms with Gasteiger partial charge in [-0.25, -0.2) is 12.8 Å². The van der Waals surface area contributed by atoms with Crippen LogP contribution in [0.15, 0.2) is 51.8 Å². The number of amides is 1. The second kappa shape index (κ2) is 6.71. The molecule has 122 valence electrons. The van der Waals surface area contributed by atoms with E-state index in [9.17, 15) is 26.4 Å². The molecule has 0 bridgehead atoms. The number of alkyl halides is 2. The Hall–Kier alpha value is -1.87. The van der Waals surface area contributed by atoms with Crippen LogP contribution >= 0.6 is 15.9 Å². The van der Waals surface area contributed by atoms with Crippen LogP contribution in [-0.4, -0.2) is 20.1 Å². The van der Waals surface area contributed by atoms with Gasteiger partial charge in [-0.2, -0.15) is 8.78 Å². The minimum Gasteiger partial charge on any atom is -0.322 e. The fourth-order valence-electron chi connectivity index (χ4n) is 1.72. The Labute approximate surface area is 138 Å². The number of anilines is 1. The number of carbonyl (C=O) groups excluding carboxylic acids is 1. The maximum atomic E-state index is 13.2. The van der Waals surface area contributed by atoms with Gasteiger partial charge in [-0.3, -0.25) is 4.79 Å². The van der Waals surface area contributed by atoms with Gasteiger partial charge in [0.25, 0.3) is 5.91 Å². The average Bonchev–Trinajstić information content (AvgIpc) is 2.46. The SMILES string of the molecule is O=C(Nc1ccc(S(=O)(=O)C(F)F)cc1)c1cc(F)cc(Br)c1. The molecule has 0 unspecified atom stereocenters. The summed E-state index contributed by atoms with van der Waals surface area (Å²) >= 11 is 3.05. The second-order valence-electron chi connectivity index (χ2n) is 4.44. The Morgan fingerprint density at radius 2 is 1.70 bits per heavy atom. The average molecular weight is 408 g/mol. The van der Waals surface area contributed by atoms with Gasteiger partial charge in [0.05, 0.1) is 4.90 Å². The van der Waals surface area contributed by atoms with Gasteiger partial charge >= 0.3 is 5.76 Å². The summed E-state index contributed by atoms with van der Waals surface area (Å²) < 4.78 is 61.0. The summed E-state index contributed by atoms with van der Waals surface area (Å²) in [4.78, 5) is 11.4. The maximum absolute atomic E-state index is 13.2. The second-order valence-corrected chi connectivity index (χ2v) is 7.28. The summed E-state index contributed by atoms with van der Waals surface area (Å²) in [5.74, 6) is -4.76. The number of nitrogens with one attached hydrogen (secondary N) is 1. The van der Waals surface area contributed by atoms with Crippen LogP contribution in [0.1, 0.15) is 10.4 Å². The minimum absolute atomic E-state index is 0.0427. The molecular formula is C14H9BrF3NO3S. The highest BCUT2D eigenvalue weighted by Gasteiger charge is 2.26. The molecule has 0 aromatic heterocycles. The van der Waals surface area contributed by atoms with Crippen molar-refractivity contribution in [2.45, 2.75) is 10.7 Å². The monoisotopic (exact) mass is 407 g/mol. The van der Waals surface area contributed by atoms with Crippen LogP contribution in [0.3, 0.4) is 0 Å². The predicted octanol–water partition coefficient (Wildman–Crippen LogP) is 3.84. The Morgan fingerprint density at radius 3 is 2.22 bits per heavy atom. The molecule has 0 saturated carbocycles. The molecule has 0 heterocycles. The zero-order valence-corrected chi connectivity index (χ0v) is 13.7. The Balaban J connectivity index is 2.19. The van der Waals surface area contributed by atoms with Gasteiger partial charge < -0.3 is 5.32 Å². The number of hydrogen-bond acceptors (Lipinski definition) is 3. The summed E-state index contributed by atoms with van der Waals surface area (Å²) in [6.45, 7) is 0. The van der Waals surface area contributed by atoms with Crippen molar-refractivity contribution in [1.29, 1.82) is 0 Å². The molecule has 0 spiro atoms. The lowest BCUT2D eigenvalue weighted by Crippen LogP contribution is -2.13. The molecule has 9 heteroatoms. The third-order valence-corrected chi connectivity index (χ3v) is 4.66. The topological polar surface area (TPSA) is 63.2 Å². The first-order valence-corrected chi connectivity index (χ1v) is 8.43. The van der Waals surface area contributed by atoms with Crippen molar-refractivity contribution >= 4 is 37.4 Å². The summed E-state index contributed by atoms with van der Waals surface area (Å²) in [7, 11) is -4.69. The third-order valence-electron chi connectivity index (χ3n) is 2.80. The van der Waals surface area contributed by atoms with E-state index >= 15 is 0 Å². The zero-order chi connectivity index (χ0) is 17.2. The lowest BCUT2D eigenvalue weighted by atomic mass is 10.2. The van der Waals surface area contributed by atoms with Crippen LogP contribution in [0.4, 0.5) is 18.9 Å². The Kier molecular flexibility index (Phi) is 5.10. The number of halogens is 4. The third kappa shape index (κ3) is 4.11. The lowest BCUT2D eigenvalue weighted by molar-refractivity contribution is 0.102. The molecule has 0 aliphatic heterocycles. The van der Waals surface area contributed by atoms with E-state index in [1.165, 1.54) is 24.3 Å². The summed E-state index contributed by atoms with van der Waals surface area (Å²) in [6.07, 6.45) is 0. The van der Waals surface area contributed by atoms with Gasteiger partial charge in [0.1, 0.15) is 5.82 Å². The van der Waals surface area contributed by atoms with Crippen molar-refractivity contribution in [3.05, 3.63) is 58.3 Å². The largest absolute Gasteiger partial charge is 0.341 e. The highest BCUT2D eigenvalue weighted by Crippen LogP contribution is 2.21. The van der Waals surface area contributed by atoms with Crippen LogP contribution in [0.25, 0.3) is 0 Å². The normalized spacial score (nSPS) is 11.5. The highest BCUT2D eigenvalue weighted by molar-refractivity contribution is 9.10. The molecule has 23 heavy (non-hydrogen) atoms. The van der Waals surface area contributed by atoms with E-state index < -0.39 is 32.2 Å². The van der Waals surface area contributed by atoms with Crippen molar-refractivity contribution in [3.63, 3.8) is 0 Å². The minimum atomic E-state index is -4.69. The summed E-state index contributed by atoms with van der Waals surface area (Å²) in [5, 5.41) is 2.41. The van der Waals surface area contributed by atoms with Crippen molar-refractivity contribution < 1.29 is 26.4 Å². The predicted molar refractivity (Wildman–Crippen MR) is 81.7 cm³/mol. The van der Waals surface area contributed by atoms with Crippen molar-refractivity contribution in [2.75, 3.05) is 5.32 Å². The fourth-order valence-corrected chi connectivity index (χ4v) is 2.91. The molecule has 0 aliphatic rings. The Morgan fingerprint density at radius 1 is 1.09 bits per heavy atom. The number of hydrogen-bond donors (Lipinski definition) is 1. The standard InChI is InChI=1S/C14H9BrF3NO3S/c15-9-5-8(6-10(16)7-9)13(20)19-11-1-3-12(4-2-11)23(21,22)14(17)18/h1-7,14H,(H,19,20). The van der Waals surface area contributed by atoms with Crippen LogP contribution in [0, 0.1) is 5.82 Å². The Bertz CT molecular complexity index is 819. The van der Waals surface area contributed by atoms with E-state index in [2.05, 4.69) is 21.2 Å². The lowest BCUT2D eigenvalue weighted by Gasteiger charge is -2.07. The van der Waals surface area contributed by atoms with Gasteiger partial charge in [0.2, 0.25) is 9.84 Å². The molecular weight excluding hydrogens is 399 g/mol. The molecule has 2 aromatic rings. The van der Waals surface area contributed by atoms with Crippen LogP contribution in [0.2, 0.25) is 0 Å². The van der Waals surface area contributed by atoms with Crippen molar-refractivity contribution in [2.24, 2.45) is 0 Å². The number of sulfone groups is 1. The van der Waals surface area contributed by atoms with Gasteiger partial charge in [0.15, 0.2) is 0 Å². The van der Waals surface area contributed by atoms with Crippen LogP contribution in [0.5, 0.6) is 0 Å². The fraction of sp³-hybridized carbons (Fsp3) is 0.0714. The van der Waals surface area contributed by atoms with Crippen molar-refractivity contribution in [3.8, 4) is 0 Å². The molecule has 4 nitrogen and oxygen atoms in total. The smallest absolute Gasteiger partial charge is 0.322 e. The van der Waals surface area contributed by atoms with Gasteiger partial charge in [0, 0.05) is 15.7 Å². The van der Waals surface area contributed by atoms with Crippen LogP contribution < -0.4 is 5.32 Å². The van der Waals surface area contributed by atoms with Crippen molar-refractivity contribution in [1.82, 2.24) is 0 Å². The molecule has 0 saturated heterocycles. The number of carbonyl (C=O) groups is 1. The van der Waals surface area contributed by atoms with E-state index in [-0.39, 0.29) is 11.3 Å². The molecule has 0 radical (unpaired) electrons. The number of benzene rings is 2. The number of rotatable bonds is 4. The van der Waals surface area contributed by atoms with E-state index in [1.54, 1.807) is 0 Å². The first-order chi connectivity index (χ1) is 10.7. The molecule has 0 aliphatic carbocycles. The van der Waals surface area contributed by atoms with E-state index in [0.29, 0.717) is 4.47 Å². The molecule has 0 fully saturated rings. The first-order valence-electron chi connectivity index (χ1n) is 6.10. The molecule has 0 atom stereocenters. The quantitative estimate of drug-likeness (QED) is 0.837. The molecule has 2 rings (SSSR count). The van der Waals surface area contributed by atoms with E-state index in [4.69, 9.17) is 0 Å². The first kappa shape index (κ1) is 17.5. The van der Waals surface area contributed by atoms with Crippen LogP contribution in [-0.2, 0) is 9.84 Å². The summed E-state index contributed by atoms with van der Waals surface area (Å²) in [6, 6.07) is 7.85. The van der Waals surface area contributed by atoms with E-state index in [0.717, 1.165) is 18.2 Å². The van der Waals surface area contributed by atoms with Gasteiger partial charge in [-0.05, 0) is 42.5 Å². The van der Waals surface area contributed by atoms with E-state index in [1.807, 2.05) is 0 Å². The highest BCUT2D eigenvalue weighted by atomic mass is 79.9. The van der Waals surface area contributed by atoms with Gasteiger partial charge in [-0.15, -0.1) is 0 Å². The zero-order valence-electron chi connectivity index (χ0n) is 11.3. The molecule has 1 amide bonds.